The third-order valence-corrected chi connectivity index (χ3v) is 6.66. The van der Waals surface area contributed by atoms with Gasteiger partial charge in [0, 0.05) is 30.9 Å². The van der Waals surface area contributed by atoms with Crippen molar-refractivity contribution < 1.29 is 17.8 Å². The molecular weight excluding hydrogens is 362 g/mol. The van der Waals surface area contributed by atoms with Crippen molar-refractivity contribution in [2.75, 3.05) is 18.4 Å². The van der Waals surface area contributed by atoms with E-state index in [4.69, 9.17) is 0 Å². The quantitative estimate of drug-likeness (QED) is 0.772. The van der Waals surface area contributed by atoms with E-state index in [1.54, 1.807) is 22.8 Å². The van der Waals surface area contributed by atoms with E-state index in [0.717, 1.165) is 25.7 Å². The van der Waals surface area contributed by atoms with E-state index in [2.05, 4.69) is 12.2 Å². The molecule has 6 nitrogen and oxygen atoms in total. The summed E-state index contributed by atoms with van der Waals surface area (Å²) in [5.74, 6) is -0.197. The Hall–Kier alpha value is -2.25. The standard InChI is InChI=1S/C20H25N3O3S/c1-2-17-9-13-22(14-10-17)16-20(24)21-18-7-6-8-19(15-18)27(25,26)23-11-4-3-5-12-23/h6-10,13-15H,2-5,11-12,16H2,1H3/p+1. The molecule has 3 rings (SSSR count). The number of nitrogens with zero attached hydrogens (tertiary/aromatic N) is 2. The lowest BCUT2D eigenvalue weighted by molar-refractivity contribution is -0.684. The van der Waals surface area contributed by atoms with Gasteiger partial charge in [-0.05, 0) is 43.0 Å². The molecule has 0 unspecified atom stereocenters. The maximum absolute atomic E-state index is 12.8. The SMILES string of the molecule is CCc1cc[n+](CC(=O)Nc2cccc(S(=O)(=O)N3CCCCC3)c2)cc1. The summed E-state index contributed by atoms with van der Waals surface area (Å²) in [6, 6.07) is 10.5. The summed E-state index contributed by atoms with van der Waals surface area (Å²) in [5, 5.41) is 2.79. The smallest absolute Gasteiger partial charge is 0.290 e. The molecule has 1 aliphatic heterocycles. The van der Waals surface area contributed by atoms with Crippen LogP contribution in [0, 0.1) is 0 Å². The van der Waals surface area contributed by atoms with Crippen molar-refractivity contribution in [3.05, 3.63) is 54.4 Å². The number of benzene rings is 1. The van der Waals surface area contributed by atoms with Gasteiger partial charge in [0.2, 0.25) is 16.6 Å². The first-order valence-corrected chi connectivity index (χ1v) is 10.8. The van der Waals surface area contributed by atoms with Crippen molar-refractivity contribution >= 4 is 21.6 Å². The van der Waals surface area contributed by atoms with Crippen LogP contribution in [-0.2, 0) is 27.8 Å². The molecule has 27 heavy (non-hydrogen) atoms. The zero-order valence-electron chi connectivity index (χ0n) is 15.6. The Labute approximate surface area is 160 Å². The van der Waals surface area contributed by atoms with Crippen LogP contribution in [0.3, 0.4) is 0 Å². The van der Waals surface area contributed by atoms with Gasteiger partial charge < -0.3 is 5.32 Å². The fourth-order valence-corrected chi connectivity index (χ4v) is 4.75. The largest absolute Gasteiger partial charge is 0.321 e. The minimum Gasteiger partial charge on any atom is -0.321 e. The molecule has 1 amide bonds. The monoisotopic (exact) mass is 388 g/mol. The lowest BCUT2D eigenvalue weighted by atomic mass is 10.2. The minimum atomic E-state index is -3.51. The highest BCUT2D eigenvalue weighted by Gasteiger charge is 2.26. The maximum Gasteiger partial charge on any atom is 0.290 e. The van der Waals surface area contributed by atoms with E-state index in [-0.39, 0.29) is 17.3 Å². The number of aromatic nitrogens is 1. The number of hydrogen-bond acceptors (Lipinski definition) is 3. The van der Waals surface area contributed by atoms with Crippen molar-refractivity contribution in [2.24, 2.45) is 0 Å². The van der Waals surface area contributed by atoms with E-state index in [1.165, 1.54) is 15.9 Å². The second-order valence-electron chi connectivity index (χ2n) is 6.77. The summed E-state index contributed by atoms with van der Waals surface area (Å²) < 4.78 is 28.9. The zero-order valence-corrected chi connectivity index (χ0v) is 16.4. The fourth-order valence-electron chi connectivity index (χ4n) is 3.18. The molecule has 7 heteroatoms. The Morgan fingerprint density at radius 2 is 1.81 bits per heavy atom. The third-order valence-electron chi connectivity index (χ3n) is 4.77. The number of hydrogen-bond donors (Lipinski definition) is 1. The molecule has 0 aliphatic carbocycles. The number of aryl methyl sites for hydroxylation is 1. The van der Waals surface area contributed by atoms with Crippen LogP contribution in [0.4, 0.5) is 5.69 Å². The van der Waals surface area contributed by atoms with Crippen LogP contribution in [-0.4, -0.2) is 31.7 Å². The second kappa shape index (κ2) is 8.63. The van der Waals surface area contributed by atoms with E-state index in [9.17, 15) is 13.2 Å². The molecule has 1 saturated heterocycles. The van der Waals surface area contributed by atoms with Crippen molar-refractivity contribution in [3.8, 4) is 0 Å². The van der Waals surface area contributed by atoms with Gasteiger partial charge in [0.25, 0.3) is 5.91 Å². The van der Waals surface area contributed by atoms with E-state index < -0.39 is 10.0 Å². The molecule has 0 radical (unpaired) electrons. The molecule has 1 aliphatic rings. The maximum atomic E-state index is 12.8. The molecule has 144 valence electrons. The van der Waals surface area contributed by atoms with Gasteiger partial charge in [-0.3, -0.25) is 4.79 Å². The molecule has 1 aromatic carbocycles. The van der Waals surface area contributed by atoms with Crippen LogP contribution in [0.25, 0.3) is 0 Å². The van der Waals surface area contributed by atoms with Gasteiger partial charge in [-0.1, -0.05) is 19.4 Å². The summed E-state index contributed by atoms with van der Waals surface area (Å²) in [6.45, 7) is 3.37. The van der Waals surface area contributed by atoms with Gasteiger partial charge in [0.1, 0.15) is 0 Å². The number of amides is 1. The predicted octanol–water partition coefficient (Wildman–Crippen LogP) is 2.35. The van der Waals surface area contributed by atoms with Crippen molar-refractivity contribution in [1.29, 1.82) is 0 Å². The Bertz CT molecular complexity index is 889. The lowest BCUT2D eigenvalue weighted by Gasteiger charge is -2.26. The molecule has 0 bridgehead atoms. The number of rotatable bonds is 6. The van der Waals surface area contributed by atoms with Crippen molar-refractivity contribution in [1.82, 2.24) is 4.31 Å². The van der Waals surface area contributed by atoms with Crippen molar-refractivity contribution in [2.45, 2.75) is 44.0 Å². The summed E-state index contributed by atoms with van der Waals surface area (Å²) in [7, 11) is -3.51. The van der Waals surface area contributed by atoms with Gasteiger partial charge >= 0.3 is 0 Å². The van der Waals surface area contributed by atoms with Gasteiger partial charge in [0.15, 0.2) is 12.4 Å². The van der Waals surface area contributed by atoms with Crippen LogP contribution in [0.1, 0.15) is 31.7 Å². The fraction of sp³-hybridized carbons (Fsp3) is 0.400. The average Bonchev–Trinajstić information content (AvgIpc) is 2.69. The number of carbonyl (C=O) groups is 1. The summed E-state index contributed by atoms with van der Waals surface area (Å²) in [4.78, 5) is 12.5. The highest BCUT2D eigenvalue weighted by Crippen LogP contribution is 2.22. The van der Waals surface area contributed by atoms with Crippen LogP contribution < -0.4 is 9.88 Å². The average molecular weight is 389 g/mol. The molecule has 0 saturated carbocycles. The molecule has 0 spiro atoms. The van der Waals surface area contributed by atoms with Gasteiger partial charge in [-0.2, -0.15) is 8.87 Å². The predicted molar refractivity (Wildman–Crippen MR) is 104 cm³/mol. The van der Waals surface area contributed by atoms with Gasteiger partial charge in [-0.25, -0.2) is 8.42 Å². The highest BCUT2D eigenvalue weighted by molar-refractivity contribution is 7.89. The molecule has 0 atom stereocenters. The Morgan fingerprint density at radius 1 is 1.11 bits per heavy atom. The third kappa shape index (κ3) is 4.93. The Kier molecular flexibility index (Phi) is 6.23. The second-order valence-corrected chi connectivity index (χ2v) is 8.71. The molecule has 1 aromatic heterocycles. The Balaban J connectivity index is 1.68. The number of piperidine rings is 1. The van der Waals surface area contributed by atoms with Crippen molar-refractivity contribution in [3.63, 3.8) is 0 Å². The van der Waals surface area contributed by atoms with Gasteiger partial charge in [0.05, 0.1) is 4.90 Å². The summed E-state index contributed by atoms with van der Waals surface area (Å²) in [5.41, 5.74) is 1.70. The van der Waals surface area contributed by atoms with E-state index >= 15 is 0 Å². The van der Waals surface area contributed by atoms with Gasteiger partial charge in [-0.15, -0.1) is 0 Å². The normalized spacial score (nSPS) is 15.4. The zero-order chi connectivity index (χ0) is 19.3. The number of pyridine rings is 1. The van der Waals surface area contributed by atoms with E-state index in [0.29, 0.717) is 18.8 Å². The number of anilines is 1. The first-order valence-electron chi connectivity index (χ1n) is 9.37. The first-order chi connectivity index (χ1) is 13.0. The number of sulfonamides is 1. The van der Waals surface area contributed by atoms with E-state index in [1.807, 2.05) is 24.5 Å². The first kappa shape index (κ1) is 19.5. The van der Waals surface area contributed by atoms with Crippen LogP contribution in [0.15, 0.2) is 53.7 Å². The molecule has 2 aromatic rings. The molecular formula is C20H26N3O3S+. The molecule has 1 N–H and O–H groups in total. The Morgan fingerprint density at radius 3 is 2.48 bits per heavy atom. The number of nitrogens with one attached hydrogen (secondary N) is 1. The highest BCUT2D eigenvalue weighted by atomic mass is 32.2. The van der Waals surface area contributed by atoms with Crippen LogP contribution in [0.5, 0.6) is 0 Å². The summed E-state index contributed by atoms with van der Waals surface area (Å²) >= 11 is 0. The topological polar surface area (TPSA) is 70.4 Å². The summed E-state index contributed by atoms with van der Waals surface area (Å²) in [6.07, 6.45) is 7.54. The minimum absolute atomic E-state index is 0.174. The molecule has 2 heterocycles. The lowest BCUT2D eigenvalue weighted by Crippen LogP contribution is -2.39. The number of carbonyl (C=O) groups excluding carboxylic acids is 1. The molecule has 1 fully saturated rings. The van der Waals surface area contributed by atoms with Crippen LogP contribution in [0.2, 0.25) is 0 Å². The van der Waals surface area contributed by atoms with Crippen LogP contribution >= 0.6 is 0 Å².